The topological polar surface area (TPSA) is 87.8 Å². The van der Waals surface area contributed by atoms with Gasteiger partial charge >= 0.3 is 0 Å². The van der Waals surface area contributed by atoms with Crippen LogP contribution in [0.3, 0.4) is 0 Å². The first-order valence-electron chi connectivity index (χ1n) is 6.06. The third-order valence-corrected chi connectivity index (χ3v) is 2.87. The van der Waals surface area contributed by atoms with Gasteiger partial charge in [0.1, 0.15) is 11.8 Å². The normalized spacial score (nSPS) is 17.2. The molecule has 2 rings (SSSR count). The first kappa shape index (κ1) is 13.6. The predicted molar refractivity (Wildman–Crippen MR) is 75.8 cm³/mol. The highest BCUT2D eigenvalue weighted by atomic mass is 16.2. The second-order valence-corrected chi connectivity index (χ2v) is 4.24. The maximum Gasteiger partial charge on any atom is 0.268 e. The van der Waals surface area contributed by atoms with Crippen LogP contribution < -0.4 is 16.1 Å². The number of benzene rings is 1. The first-order chi connectivity index (χ1) is 9.63. The standard InChI is InChI=1S/C14H14N4O2/c1-2-8-16-14(20)11-9-12(13(15)19)18(17-11)10-6-4-3-5-7-10/h1,3-7,12H,8-9H2,(H2,15,19)(H,16,20)/t12-/m1/s1. The molecule has 0 fully saturated rings. The van der Waals surface area contributed by atoms with Crippen LogP contribution in [0.4, 0.5) is 5.69 Å². The number of primary amides is 1. The summed E-state index contributed by atoms with van der Waals surface area (Å²) in [5, 5.41) is 8.17. The summed E-state index contributed by atoms with van der Waals surface area (Å²) < 4.78 is 0. The maximum atomic E-state index is 11.8. The molecule has 1 aromatic rings. The van der Waals surface area contributed by atoms with E-state index in [4.69, 9.17) is 12.2 Å². The molecule has 0 radical (unpaired) electrons. The molecule has 6 heteroatoms. The fraction of sp³-hybridized carbons (Fsp3) is 0.214. The molecule has 1 aromatic carbocycles. The second kappa shape index (κ2) is 5.89. The molecule has 0 unspecified atom stereocenters. The van der Waals surface area contributed by atoms with Gasteiger partial charge in [-0.05, 0) is 12.1 Å². The third kappa shape index (κ3) is 2.78. The lowest BCUT2D eigenvalue weighted by molar-refractivity contribution is -0.119. The van der Waals surface area contributed by atoms with Crippen molar-refractivity contribution in [1.29, 1.82) is 0 Å². The molecule has 0 saturated carbocycles. The summed E-state index contributed by atoms with van der Waals surface area (Å²) in [5.41, 5.74) is 6.32. The first-order valence-corrected chi connectivity index (χ1v) is 6.06. The van der Waals surface area contributed by atoms with Crippen molar-refractivity contribution in [3.8, 4) is 12.3 Å². The zero-order valence-electron chi connectivity index (χ0n) is 10.7. The maximum absolute atomic E-state index is 11.8. The molecule has 2 amide bonds. The number of hydrogen-bond acceptors (Lipinski definition) is 4. The number of carbonyl (C=O) groups excluding carboxylic acids is 2. The van der Waals surface area contributed by atoms with Crippen molar-refractivity contribution < 1.29 is 9.59 Å². The van der Waals surface area contributed by atoms with Crippen molar-refractivity contribution in [3.05, 3.63) is 30.3 Å². The second-order valence-electron chi connectivity index (χ2n) is 4.24. The van der Waals surface area contributed by atoms with Gasteiger partial charge in [0.05, 0.1) is 12.2 Å². The molecule has 1 heterocycles. The molecule has 6 nitrogen and oxygen atoms in total. The minimum atomic E-state index is -0.663. The van der Waals surface area contributed by atoms with E-state index >= 15 is 0 Å². The van der Waals surface area contributed by atoms with Crippen LogP contribution in [-0.4, -0.2) is 30.1 Å². The van der Waals surface area contributed by atoms with Crippen LogP contribution in [0.2, 0.25) is 0 Å². The van der Waals surface area contributed by atoms with E-state index in [2.05, 4.69) is 16.3 Å². The Morgan fingerprint density at radius 3 is 2.75 bits per heavy atom. The average Bonchev–Trinajstić information content (AvgIpc) is 2.91. The van der Waals surface area contributed by atoms with Gasteiger partial charge < -0.3 is 11.1 Å². The summed E-state index contributed by atoms with van der Waals surface area (Å²) in [6, 6.07) is 8.41. The van der Waals surface area contributed by atoms with Crippen molar-refractivity contribution in [1.82, 2.24) is 5.32 Å². The lowest BCUT2D eigenvalue weighted by Gasteiger charge is -2.20. The Bertz CT molecular complexity index is 589. The molecular formula is C14H14N4O2. The van der Waals surface area contributed by atoms with Crippen LogP contribution in [0.25, 0.3) is 0 Å². The number of terminal acetylenes is 1. The zero-order valence-corrected chi connectivity index (χ0v) is 10.7. The Hall–Kier alpha value is -2.81. The predicted octanol–water partition coefficient (Wildman–Crippen LogP) is -0.144. The number of nitrogens with two attached hydrogens (primary N) is 1. The van der Waals surface area contributed by atoms with Gasteiger partial charge in [0.15, 0.2) is 0 Å². The fourth-order valence-corrected chi connectivity index (χ4v) is 1.92. The van der Waals surface area contributed by atoms with Crippen molar-refractivity contribution in [2.75, 3.05) is 11.6 Å². The molecule has 0 aliphatic carbocycles. The lowest BCUT2D eigenvalue weighted by Crippen LogP contribution is -2.39. The highest BCUT2D eigenvalue weighted by Crippen LogP contribution is 2.24. The Balaban J connectivity index is 2.24. The Morgan fingerprint density at radius 2 is 2.15 bits per heavy atom. The van der Waals surface area contributed by atoms with Crippen molar-refractivity contribution >= 4 is 23.2 Å². The van der Waals surface area contributed by atoms with E-state index in [9.17, 15) is 9.59 Å². The number of rotatable bonds is 4. The Kier molecular flexibility index (Phi) is 4.01. The molecular weight excluding hydrogens is 256 g/mol. The highest BCUT2D eigenvalue weighted by molar-refractivity contribution is 6.40. The van der Waals surface area contributed by atoms with Crippen LogP contribution in [0, 0.1) is 12.3 Å². The largest absolute Gasteiger partial charge is 0.368 e. The molecule has 102 valence electrons. The quantitative estimate of drug-likeness (QED) is 0.746. The van der Waals surface area contributed by atoms with Gasteiger partial charge in [0.2, 0.25) is 5.91 Å². The lowest BCUT2D eigenvalue weighted by atomic mass is 10.1. The van der Waals surface area contributed by atoms with E-state index < -0.39 is 11.9 Å². The highest BCUT2D eigenvalue weighted by Gasteiger charge is 2.34. The van der Waals surface area contributed by atoms with E-state index in [0.717, 1.165) is 0 Å². The summed E-state index contributed by atoms with van der Waals surface area (Å²) in [7, 11) is 0. The molecule has 0 saturated heterocycles. The van der Waals surface area contributed by atoms with E-state index in [1.807, 2.05) is 18.2 Å². The number of nitrogens with one attached hydrogen (secondary N) is 1. The molecule has 0 aromatic heterocycles. The van der Waals surface area contributed by atoms with Gasteiger partial charge in [-0.1, -0.05) is 24.1 Å². The number of hydrazone groups is 1. The third-order valence-electron chi connectivity index (χ3n) is 2.87. The van der Waals surface area contributed by atoms with Crippen molar-refractivity contribution in [3.63, 3.8) is 0 Å². The molecule has 20 heavy (non-hydrogen) atoms. The van der Waals surface area contributed by atoms with Gasteiger partial charge in [-0.2, -0.15) is 5.10 Å². The summed E-state index contributed by atoms with van der Waals surface area (Å²) >= 11 is 0. The van der Waals surface area contributed by atoms with E-state index in [0.29, 0.717) is 5.69 Å². The Morgan fingerprint density at radius 1 is 1.45 bits per heavy atom. The van der Waals surface area contributed by atoms with Crippen LogP contribution in [0.15, 0.2) is 35.4 Å². The molecule has 1 aliphatic heterocycles. The van der Waals surface area contributed by atoms with Gasteiger partial charge in [0.25, 0.3) is 5.91 Å². The van der Waals surface area contributed by atoms with Gasteiger partial charge in [-0.25, -0.2) is 0 Å². The van der Waals surface area contributed by atoms with Crippen LogP contribution in [0.5, 0.6) is 0 Å². The molecule has 0 bridgehead atoms. The number of amides is 2. The number of para-hydroxylation sites is 1. The summed E-state index contributed by atoms with van der Waals surface area (Å²) in [5.74, 6) is 1.39. The van der Waals surface area contributed by atoms with Crippen LogP contribution >= 0.6 is 0 Å². The van der Waals surface area contributed by atoms with Crippen molar-refractivity contribution in [2.45, 2.75) is 12.5 Å². The Labute approximate surface area is 116 Å². The summed E-state index contributed by atoms with van der Waals surface area (Å²) in [6.07, 6.45) is 5.25. The van der Waals surface area contributed by atoms with Gasteiger partial charge in [-0.3, -0.25) is 14.6 Å². The molecule has 3 N–H and O–H groups in total. The molecule has 1 aliphatic rings. The molecule has 1 atom stereocenters. The number of carbonyl (C=O) groups is 2. The minimum absolute atomic E-state index is 0.116. The fourth-order valence-electron chi connectivity index (χ4n) is 1.92. The smallest absolute Gasteiger partial charge is 0.268 e. The SMILES string of the molecule is C#CCNC(=O)C1=NN(c2ccccc2)[C@@H](C(N)=O)C1. The van der Waals surface area contributed by atoms with E-state index in [1.165, 1.54) is 5.01 Å². The van der Waals surface area contributed by atoms with Gasteiger partial charge in [0, 0.05) is 6.42 Å². The van der Waals surface area contributed by atoms with Gasteiger partial charge in [-0.15, -0.1) is 6.42 Å². The average molecular weight is 270 g/mol. The van der Waals surface area contributed by atoms with Crippen molar-refractivity contribution in [2.24, 2.45) is 10.8 Å². The summed E-state index contributed by atoms with van der Waals surface area (Å²) in [6.45, 7) is 0.116. The monoisotopic (exact) mass is 270 g/mol. The summed E-state index contributed by atoms with van der Waals surface area (Å²) in [4.78, 5) is 23.3. The van der Waals surface area contributed by atoms with Crippen LogP contribution in [0.1, 0.15) is 6.42 Å². The number of hydrogen-bond donors (Lipinski definition) is 2. The minimum Gasteiger partial charge on any atom is -0.368 e. The van der Waals surface area contributed by atoms with E-state index in [1.54, 1.807) is 12.1 Å². The number of nitrogens with zero attached hydrogens (tertiary/aromatic N) is 2. The number of anilines is 1. The van der Waals surface area contributed by atoms with Crippen LogP contribution in [-0.2, 0) is 9.59 Å². The molecule has 0 spiro atoms. The zero-order chi connectivity index (χ0) is 14.5. The van der Waals surface area contributed by atoms with E-state index in [-0.39, 0.29) is 24.6 Å².